The molecule has 1 aromatic rings. The van der Waals surface area contributed by atoms with Crippen LogP contribution in [0.4, 0.5) is 9.18 Å². The van der Waals surface area contributed by atoms with E-state index in [9.17, 15) is 14.3 Å². The maximum absolute atomic E-state index is 13.4. The van der Waals surface area contributed by atoms with Gasteiger partial charge >= 0.3 is 6.09 Å². The number of hydrogen-bond donors (Lipinski definition) is 1. The Morgan fingerprint density at radius 3 is 2.67 bits per heavy atom. The summed E-state index contributed by atoms with van der Waals surface area (Å²) < 4.78 is 18.8. The van der Waals surface area contributed by atoms with Crippen LogP contribution in [0, 0.1) is 12.4 Å². The van der Waals surface area contributed by atoms with Crippen molar-refractivity contribution in [2.24, 2.45) is 0 Å². The van der Waals surface area contributed by atoms with Gasteiger partial charge in [0.05, 0.1) is 12.6 Å². The zero-order chi connectivity index (χ0) is 18.0. The van der Waals surface area contributed by atoms with E-state index in [-0.39, 0.29) is 13.1 Å². The topological polar surface area (TPSA) is 54.1 Å². The van der Waals surface area contributed by atoms with Crippen LogP contribution in [-0.2, 0) is 4.74 Å². The van der Waals surface area contributed by atoms with Gasteiger partial charge in [0.15, 0.2) is 0 Å². The Labute approximate surface area is 141 Å². The number of benzene rings is 1. The number of halogens is 1. The normalized spacial score (nSPS) is 16.8. The summed E-state index contributed by atoms with van der Waals surface area (Å²) in [6.45, 7) is 12.5. The Morgan fingerprint density at radius 2 is 2.17 bits per heavy atom. The fourth-order valence-electron chi connectivity index (χ4n) is 2.58. The summed E-state index contributed by atoms with van der Waals surface area (Å²) in [6.07, 6.45) is -0.204. The van der Waals surface area contributed by atoms with E-state index < -0.39 is 29.2 Å². The van der Waals surface area contributed by atoms with Crippen molar-refractivity contribution < 1.29 is 19.0 Å². The standard InChI is InChI=1S/C18H23FN2O3/c1-17(2,3)24-16(23)21(18(8-9-18)12-20-4)11-15(22)13-6-5-7-14(19)10-13/h5-7,10,15,22H,8-9,11-12H2,1-3H3. The number of ether oxygens (including phenoxy) is 1. The van der Waals surface area contributed by atoms with Crippen molar-refractivity contribution in [3.63, 3.8) is 0 Å². The predicted octanol–water partition coefficient (Wildman–Crippen LogP) is 3.55. The largest absolute Gasteiger partial charge is 0.444 e. The zero-order valence-electron chi connectivity index (χ0n) is 14.3. The molecule has 0 spiro atoms. The van der Waals surface area contributed by atoms with Gasteiger partial charge < -0.3 is 14.7 Å². The second kappa shape index (κ2) is 6.78. The molecular formula is C18H23FN2O3. The molecule has 0 heterocycles. The van der Waals surface area contributed by atoms with E-state index in [1.54, 1.807) is 26.8 Å². The van der Waals surface area contributed by atoms with Gasteiger partial charge in [0.25, 0.3) is 0 Å². The Balaban J connectivity index is 2.20. The van der Waals surface area contributed by atoms with E-state index in [1.165, 1.54) is 23.1 Å². The monoisotopic (exact) mass is 334 g/mol. The molecule has 0 aromatic heterocycles. The molecule has 1 saturated carbocycles. The van der Waals surface area contributed by atoms with Gasteiger partial charge in [-0.3, -0.25) is 4.90 Å². The molecule has 1 aromatic carbocycles. The molecule has 1 fully saturated rings. The lowest BCUT2D eigenvalue weighted by Gasteiger charge is -2.33. The third-order valence-electron chi connectivity index (χ3n) is 3.98. The number of hydrogen-bond acceptors (Lipinski definition) is 3. The first-order valence-corrected chi connectivity index (χ1v) is 7.94. The van der Waals surface area contributed by atoms with Crippen molar-refractivity contribution in [2.75, 3.05) is 13.1 Å². The summed E-state index contributed by atoms with van der Waals surface area (Å²) >= 11 is 0. The van der Waals surface area contributed by atoms with Gasteiger partial charge in [-0.15, -0.1) is 0 Å². The molecule has 5 nitrogen and oxygen atoms in total. The maximum Gasteiger partial charge on any atom is 0.411 e. The molecule has 1 N–H and O–H groups in total. The van der Waals surface area contributed by atoms with Gasteiger partial charge in [-0.2, -0.15) is 0 Å². The third-order valence-corrected chi connectivity index (χ3v) is 3.98. The molecule has 0 bridgehead atoms. The number of carbonyl (C=O) groups is 1. The second-order valence-corrected chi connectivity index (χ2v) is 7.20. The summed E-state index contributed by atoms with van der Waals surface area (Å²) in [6, 6.07) is 5.66. The van der Waals surface area contributed by atoms with Crippen LogP contribution < -0.4 is 0 Å². The van der Waals surface area contributed by atoms with Crippen molar-refractivity contribution in [3.8, 4) is 0 Å². The van der Waals surface area contributed by atoms with Crippen molar-refractivity contribution >= 4 is 6.09 Å². The minimum Gasteiger partial charge on any atom is -0.444 e. The Morgan fingerprint density at radius 1 is 1.50 bits per heavy atom. The van der Waals surface area contributed by atoms with Gasteiger partial charge in [-0.05, 0) is 51.3 Å². The predicted molar refractivity (Wildman–Crippen MR) is 87.7 cm³/mol. The summed E-state index contributed by atoms with van der Waals surface area (Å²) in [5.74, 6) is -0.447. The fourth-order valence-corrected chi connectivity index (χ4v) is 2.58. The highest BCUT2D eigenvalue weighted by Crippen LogP contribution is 2.43. The van der Waals surface area contributed by atoms with E-state index >= 15 is 0 Å². The first-order valence-electron chi connectivity index (χ1n) is 7.94. The molecule has 130 valence electrons. The van der Waals surface area contributed by atoms with E-state index in [2.05, 4.69) is 4.85 Å². The summed E-state index contributed by atoms with van der Waals surface area (Å²) in [4.78, 5) is 17.4. The molecule has 0 saturated heterocycles. The van der Waals surface area contributed by atoms with Crippen molar-refractivity contribution in [1.29, 1.82) is 0 Å². The minimum absolute atomic E-state index is 0.0338. The quantitative estimate of drug-likeness (QED) is 0.838. The van der Waals surface area contributed by atoms with Crippen LogP contribution in [0.3, 0.4) is 0 Å². The molecule has 1 aliphatic rings. The number of aliphatic hydroxyl groups excluding tert-OH is 1. The molecule has 0 aliphatic heterocycles. The Kier molecular flexibility index (Phi) is 5.14. The molecule has 1 unspecified atom stereocenters. The van der Waals surface area contributed by atoms with Gasteiger partial charge in [-0.25, -0.2) is 15.8 Å². The third kappa shape index (κ3) is 4.45. The number of rotatable bonds is 5. The lowest BCUT2D eigenvalue weighted by atomic mass is 10.1. The Hall–Kier alpha value is -2.13. The maximum atomic E-state index is 13.4. The van der Waals surface area contributed by atoms with Crippen LogP contribution in [0.5, 0.6) is 0 Å². The Bertz CT molecular complexity index is 644. The van der Waals surface area contributed by atoms with Crippen molar-refractivity contribution in [2.45, 2.75) is 50.9 Å². The first-order chi connectivity index (χ1) is 11.2. The van der Waals surface area contributed by atoms with Gasteiger partial charge in [0, 0.05) is 0 Å². The summed E-state index contributed by atoms with van der Waals surface area (Å²) in [7, 11) is 0. The highest BCUT2D eigenvalue weighted by Gasteiger charge is 2.54. The minimum atomic E-state index is -1.04. The van der Waals surface area contributed by atoms with Crippen molar-refractivity contribution in [3.05, 3.63) is 47.1 Å². The second-order valence-electron chi connectivity index (χ2n) is 7.20. The highest BCUT2D eigenvalue weighted by molar-refractivity contribution is 5.70. The number of carbonyl (C=O) groups excluding carboxylic acids is 1. The fraction of sp³-hybridized carbons (Fsp3) is 0.556. The highest BCUT2D eigenvalue weighted by atomic mass is 19.1. The van der Waals surface area contributed by atoms with Crippen LogP contribution in [0.2, 0.25) is 0 Å². The number of nitrogens with zero attached hydrogens (tertiary/aromatic N) is 2. The smallest absolute Gasteiger partial charge is 0.411 e. The molecule has 0 radical (unpaired) electrons. The zero-order valence-corrected chi connectivity index (χ0v) is 14.3. The molecule has 1 amide bonds. The number of aliphatic hydroxyl groups is 1. The van der Waals surface area contributed by atoms with E-state index in [1.807, 2.05) is 0 Å². The molecule has 24 heavy (non-hydrogen) atoms. The van der Waals surface area contributed by atoms with Crippen LogP contribution in [0.1, 0.15) is 45.3 Å². The molecule has 2 rings (SSSR count). The first kappa shape index (κ1) is 18.2. The number of amides is 1. The SMILES string of the molecule is [C-]#[N+]CC1(N(CC(O)c2cccc(F)c2)C(=O)OC(C)(C)C)CC1. The lowest BCUT2D eigenvalue weighted by molar-refractivity contribution is 0.00164. The van der Waals surface area contributed by atoms with Crippen molar-refractivity contribution in [1.82, 2.24) is 4.90 Å². The lowest BCUT2D eigenvalue weighted by Crippen LogP contribution is -2.48. The summed E-state index contributed by atoms with van der Waals surface area (Å²) in [5.41, 5.74) is -0.867. The number of β-amino-alcohol motifs (C(OH)–C–C–N with tert-alkyl or cyclic N) is 1. The molecule has 1 aliphatic carbocycles. The van der Waals surface area contributed by atoms with E-state index in [4.69, 9.17) is 11.3 Å². The van der Waals surface area contributed by atoms with E-state index in [0.717, 1.165) is 0 Å². The van der Waals surface area contributed by atoms with Gasteiger partial charge in [0.2, 0.25) is 6.54 Å². The van der Waals surface area contributed by atoms with Crippen LogP contribution >= 0.6 is 0 Å². The average Bonchev–Trinajstić information content (AvgIpc) is 3.23. The average molecular weight is 334 g/mol. The molecule has 6 heteroatoms. The van der Waals surface area contributed by atoms with Crippen LogP contribution in [-0.4, -0.2) is 40.3 Å². The molecule has 1 atom stereocenters. The van der Waals surface area contributed by atoms with Crippen LogP contribution in [0.15, 0.2) is 24.3 Å². The van der Waals surface area contributed by atoms with Gasteiger partial charge in [0.1, 0.15) is 17.0 Å². The van der Waals surface area contributed by atoms with Gasteiger partial charge in [-0.1, -0.05) is 12.1 Å². The van der Waals surface area contributed by atoms with Crippen LogP contribution in [0.25, 0.3) is 4.85 Å². The summed E-state index contributed by atoms with van der Waals surface area (Å²) in [5, 5.41) is 10.4. The van der Waals surface area contributed by atoms with E-state index in [0.29, 0.717) is 18.4 Å². The molecular weight excluding hydrogens is 311 g/mol.